The number of carbonyl (C=O) groups excluding carboxylic acids is 1. The van der Waals surface area contributed by atoms with Crippen molar-refractivity contribution in [1.82, 2.24) is 9.80 Å². The van der Waals surface area contributed by atoms with E-state index in [2.05, 4.69) is 4.90 Å². The highest BCUT2D eigenvalue weighted by atomic mass is 35.5. The van der Waals surface area contributed by atoms with Gasteiger partial charge in [-0.15, -0.1) is 12.4 Å². The summed E-state index contributed by atoms with van der Waals surface area (Å²) in [5.41, 5.74) is 5.62. The summed E-state index contributed by atoms with van der Waals surface area (Å²) in [6.07, 6.45) is 1.14. The lowest BCUT2D eigenvalue weighted by Gasteiger charge is -2.22. The zero-order valence-corrected chi connectivity index (χ0v) is 11.1. The second kappa shape index (κ2) is 7.87. The number of nitrogens with zero attached hydrogens (tertiary/aromatic N) is 2. The van der Waals surface area contributed by atoms with Crippen molar-refractivity contribution < 1.29 is 4.79 Å². The van der Waals surface area contributed by atoms with Crippen LogP contribution in [0.3, 0.4) is 0 Å². The van der Waals surface area contributed by atoms with Gasteiger partial charge in [-0.25, -0.2) is 0 Å². The van der Waals surface area contributed by atoms with Gasteiger partial charge in [-0.1, -0.05) is 0 Å². The molecule has 1 amide bonds. The van der Waals surface area contributed by atoms with Crippen LogP contribution in [0.4, 0.5) is 0 Å². The molecule has 16 heavy (non-hydrogen) atoms. The molecule has 5 heteroatoms. The minimum Gasteiger partial charge on any atom is -0.342 e. The number of nitrogens with two attached hydrogens (primary N) is 1. The third kappa shape index (κ3) is 4.28. The number of carbonyl (C=O) groups is 1. The lowest BCUT2D eigenvalue weighted by atomic mass is 10.1. The van der Waals surface area contributed by atoms with Crippen molar-refractivity contribution in [2.75, 3.05) is 39.3 Å². The highest BCUT2D eigenvalue weighted by molar-refractivity contribution is 5.85. The monoisotopic (exact) mass is 249 g/mol. The van der Waals surface area contributed by atoms with E-state index in [1.165, 1.54) is 0 Å². The van der Waals surface area contributed by atoms with Gasteiger partial charge >= 0.3 is 0 Å². The van der Waals surface area contributed by atoms with Crippen LogP contribution in [0.25, 0.3) is 0 Å². The molecule has 1 aliphatic heterocycles. The Labute approximate surface area is 105 Å². The van der Waals surface area contributed by atoms with Crippen LogP contribution in [0, 0.1) is 5.92 Å². The van der Waals surface area contributed by atoms with E-state index in [-0.39, 0.29) is 18.3 Å². The van der Waals surface area contributed by atoms with Gasteiger partial charge in [-0.3, -0.25) is 9.69 Å². The normalized spacial score (nSPS) is 20.6. The molecule has 0 aliphatic carbocycles. The molecule has 4 nitrogen and oxygen atoms in total. The first-order valence-electron chi connectivity index (χ1n) is 5.91. The molecule has 1 saturated heterocycles. The molecule has 0 radical (unpaired) electrons. The van der Waals surface area contributed by atoms with Gasteiger partial charge in [-0.05, 0) is 39.3 Å². The van der Waals surface area contributed by atoms with Crippen LogP contribution < -0.4 is 5.73 Å². The molecule has 1 atom stereocenters. The summed E-state index contributed by atoms with van der Waals surface area (Å²) in [5.74, 6) is 0.840. The largest absolute Gasteiger partial charge is 0.342 e. The topological polar surface area (TPSA) is 49.6 Å². The Hall–Kier alpha value is -0.320. The SMILES string of the molecule is CCN(CC)C(=O)CN1CCC(CN)C1.Cl. The molecule has 1 aliphatic rings. The fraction of sp³-hybridized carbons (Fsp3) is 0.909. The zero-order valence-electron chi connectivity index (χ0n) is 10.3. The molecular formula is C11H24ClN3O. The van der Waals surface area contributed by atoms with Gasteiger partial charge in [0.1, 0.15) is 0 Å². The third-order valence-electron chi connectivity index (χ3n) is 3.18. The number of amides is 1. The van der Waals surface area contributed by atoms with Gasteiger partial charge in [0.15, 0.2) is 0 Å². The van der Waals surface area contributed by atoms with Crippen LogP contribution in [0.1, 0.15) is 20.3 Å². The molecular weight excluding hydrogens is 226 g/mol. The first-order valence-corrected chi connectivity index (χ1v) is 5.91. The maximum Gasteiger partial charge on any atom is 0.236 e. The molecule has 0 aromatic rings. The number of hydrogen-bond acceptors (Lipinski definition) is 3. The molecule has 2 N–H and O–H groups in total. The third-order valence-corrected chi connectivity index (χ3v) is 3.18. The molecule has 1 rings (SSSR count). The Morgan fingerprint density at radius 3 is 2.50 bits per heavy atom. The van der Waals surface area contributed by atoms with Crippen molar-refractivity contribution >= 4 is 18.3 Å². The fourth-order valence-corrected chi connectivity index (χ4v) is 2.12. The van der Waals surface area contributed by atoms with Crippen LogP contribution in [0.15, 0.2) is 0 Å². The van der Waals surface area contributed by atoms with Crippen molar-refractivity contribution in [3.05, 3.63) is 0 Å². The van der Waals surface area contributed by atoms with Crippen molar-refractivity contribution in [1.29, 1.82) is 0 Å². The van der Waals surface area contributed by atoms with Crippen molar-refractivity contribution in [2.45, 2.75) is 20.3 Å². The zero-order chi connectivity index (χ0) is 11.3. The van der Waals surface area contributed by atoms with E-state index in [0.29, 0.717) is 12.5 Å². The number of halogens is 1. The molecule has 1 fully saturated rings. The number of rotatable bonds is 5. The Kier molecular flexibility index (Phi) is 7.72. The predicted molar refractivity (Wildman–Crippen MR) is 68.8 cm³/mol. The van der Waals surface area contributed by atoms with E-state index in [1.807, 2.05) is 18.7 Å². The molecule has 1 unspecified atom stereocenters. The minimum atomic E-state index is 0. The summed E-state index contributed by atoms with van der Waals surface area (Å²) in [7, 11) is 0. The van der Waals surface area contributed by atoms with Crippen LogP contribution in [0.5, 0.6) is 0 Å². The number of hydrogen-bond donors (Lipinski definition) is 1. The first kappa shape index (κ1) is 15.7. The molecule has 0 aromatic heterocycles. The van der Waals surface area contributed by atoms with Crippen LogP contribution in [-0.4, -0.2) is 55.0 Å². The van der Waals surface area contributed by atoms with E-state index >= 15 is 0 Å². The van der Waals surface area contributed by atoms with Gasteiger partial charge in [0.05, 0.1) is 6.54 Å². The van der Waals surface area contributed by atoms with Crippen molar-refractivity contribution in [2.24, 2.45) is 11.7 Å². The summed E-state index contributed by atoms with van der Waals surface area (Å²) in [5, 5.41) is 0. The van der Waals surface area contributed by atoms with Crippen molar-refractivity contribution in [3.8, 4) is 0 Å². The Bertz CT molecular complexity index is 209. The minimum absolute atomic E-state index is 0. The molecule has 96 valence electrons. The summed E-state index contributed by atoms with van der Waals surface area (Å²) < 4.78 is 0. The number of likely N-dealkylation sites (N-methyl/N-ethyl adjacent to an activating group) is 1. The standard InChI is InChI=1S/C11H23N3O.ClH/c1-3-14(4-2)11(15)9-13-6-5-10(7-12)8-13;/h10H,3-9,12H2,1-2H3;1H. The maximum atomic E-state index is 11.8. The summed E-state index contributed by atoms with van der Waals surface area (Å²) in [6, 6.07) is 0. The van der Waals surface area contributed by atoms with E-state index in [4.69, 9.17) is 5.73 Å². The molecule has 0 bridgehead atoms. The van der Waals surface area contributed by atoms with E-state index in [9.17, 15) is 4.79 Å². The van der Waals surface area contributed by atoms with Gasteiger partial charge in [0.2, 0.25) is 5.91 Å². The molecule has 0 spiro atoms. The Balaban J connectivity index is 0.00000225. The summed E-state index contributed by atoms with van der Waals surface area (Å²) in [4.78, 5) is 15.9. The van der Waals surface area contributed by atoms with Crippen LogP contribution in [0.2, 0.25) is 0 Å². The van der Waals surface area contributed by atoms with Gasteiger partial charge < -0.3 is 10.6 Å². The average molecular weight is 250 g/mol. The van der Waals surface area contributed by atoms with E-state index < -0.39 is 0 Å². The molecule has 0 aromatic carbocycles. The van der Waals surface area contributed by atoms with Gasteiger partial charge in [0.25, 0.3) is 0 Å². The second-order valence-corrected chi connectivity index (χ2v) is 4.19. The van der Waals surface area contributed by atoms with Gasteiger partial charge in [-0.2, -0.15) is 0 Å². The lowest BCUT2D eigenvalue weighted by molar-refractivity contribution is -0.131. The van der Waals surface area contributed by atoms with Gasteiger partial charge in [0, 0.05) is 19.6 Å². The molecule has 1 heterocycles. The summed E-state index contributed by atoms with van der Waals surface area (Å²) in [6.45, 7) is 8.99. The predicted octanol–water partition coefficient (Wildman–Crippen LogP) is 0.557. The highest BCUT2D eigenvalue weighted by Gasteiger charge is 2.23. The molecule has 0 saturated carbocycles. The lowest BCUT2D eigenvalue weighted by Crippen LogP contribution is -2.39. The Morgan fingerprint density at radius 2 is 2.06 bits per heavy atom. The van der Waals surface area contributed by atoms with Crippen molar-refractivity contribution in [3.63, 3.8) is 0 Å². The van der Waals surface area contributed by atoms with Crippen LogP contribution >= 0.6 is 12.4 Å². The summed E-state index contributed by atoms with van der Waals surface area (Å²) >= 11 is 0. The average Bonchev–Trinajstić information content (AvgIpc) is 2.67. The number of likely N-dealkylation sites (tertiary alicyclic amines) is 1. The smallest absolute Gasteiger partial charge is 0.236 e. The fourth-order valence-electron chi connectivity index (χ4n) is 2.12. The quantitative estimate of drug-likeness (QED) is 0.775. The highest BCUT2D eigenvalue weighted by Crippen LogP contribution is 2.14. The second-order valence-electron chi connectivity index (χ2n) is 4.19. The first-order chi connectivity index (χ1) is 7.21. The van der Waals surface area contributed by atoms with E-state index in [0.717, 1.165) is 39.1 Å². The van der Waals surface area contributed by atoms with E-state index in [1.54, 1.807) is 0 Å². The Morgan fingerprint density at radius 1 is 1.44 bits per heavy atom. The van der Waals surface area contributed by atoms with Crippen LogP contribution in [-0.2, 0) is 4.79 Å². The maximum absolute atomic E-state index is 11.8.